The van der Waals surface area contributed by atoms with Crippen molar-refractivity contribution in [3.63, 3.8) is 0 Å². The lowest BCUT2D eigenvalue weighted by Gasteiger charge is -2.11. The van der Waals surface area contributed by atoms with Gasteiger partial charge in [0.2, 0.25) is 5.78 Å². The maximum Gasteiger partial charge on any atom is 0.262 e. The third-order valence-corrected chi connectivity index (χ3v) is 6.01. The highest BCUT2D eigenvalue weighted by atomic mass is 32.2. The van der Waals surface area contributed by atoms with Gasteiger partial charge in [0.15, 0.2) is 5.16 Å². The van der Waals surface area contributed by atoms with Gasteiger partial charge in [-0.05, 0) is 50.5 Å². The molecule has 2 aromatic carbocycles. The minimum absolute atomic E-state index is 0.00605. The van der Waals surface area contributed by atoms with Crippen molar-refractivity contribution in [2.24, 2.45) is 0 Å². The molecule has 0 atom stereocenters. The Balaban J connectivity index is 1.87. The van der Waals surface area contributed by atoms with Crippen LogP contribution in [0.4, 0.5) is 0 Å². The molecular formula is C22H24N4OS. The molecule has 6 heteroatoms. The van der Waals surface area contributed by atoms with E-state index in [1.807, 2.05) is 29.5 Å². The van der Waals surface area contributed by atoms with Crippen LogP contribution in [0.25, 0.3) is 16.7 Å². The Kier molecular flexibility index (Phi) is 4.98. The largest absolute Gasteiger partial charge is 0.276 e. The standard InChI is InChI=1S/C22H24N4OS/c1-5-10-25-20(27)18-12-15(3)7-9-19(18)26-21(25)23-24-22(26)28-13-17-11-14(2)6-8-16(17)4/h6-9,11-12H,5,10,13H2,1-4H3. The van der Waals surface area contributed by atoms with Gasteiger partial charge in [-0.15, -0.1) is 10.2 Å². The van der Waals surface area contributed by atoms with Crippen molar-refractivity contribution in [2.45, 2.75) is 51.6 Å². The molecule has 2 heterocycles. The summed E-state index contributed by atoms with van der Waals surface area (Å²) in [6.45, 7) is 8.95. The summed E-state index contributed by atoms with van der Waals surface area (Å²) in [6, 6.07) is 12.5. The predicted octanol–water partition coefficient (Wildman–Crippen LogP) is 4.67. The molecule has 0 amide bonds. The molecule has 0 spiro atoms. The lowest BCUT2D eigenvalue weighted by atomic mass is 10.1. The second-order valence-corrected chi connectivity index (χ2v) is 8.26. The van der Waals surface area contributed by atoms with Crippen molar-refractivity contribution in [3.8, 4) is 0 Å². The Morgan fingerprint density at radius 2 is 1.75 bits per heavy atom. The van der Waals surface area contributed by atoms with Crippen molar-refractivity contribution < 1.29 is 0 Å². The zero-order valence-corrected chi connectivity index (χ0v) is 17.5. The SMILES string of the molecule is CCCn1c(=O)c2cc(C)ccc2n2c(SCc3cc(C)ccc3C)nnc12. The molecule has 0 saturated carbocycles. The van der Waals surface area contributed by atoms with E-state index < -0.39 is 0 Å². The van der Waals surface area contributed by atoms with Crippen LogP contribution < -0.4 is 5.56 Å². The van der Waals surface area contributed by atoms with Gasteiger partial charge in [-0.1, -0.05) is 54.1 Å². The molecule has 0 aliphatic heterocycles. The Bertz CT molecular complexity index is 1240. The van der Waals surface area contributed by atoms with Gasteiger partial charge in [0, 0.05) is 12.3 Å². The highest BCUT2D eigenvalue weighted by molar-refractivity contribution is 7.98. The summed E-state index contributed by atoms with van der Waals surface area (Å²) in [5.74, 6) is 1.43. The quantitative estimate of drug-likeness (QED) is 0.463. The Morgan fingerprint density at radius 1 is 1.00 bits per heavy atom. The van der Waals surface area contributed by atoms with Gasteiger partial charge < -0.3 is 0 Å². The predicted molar refractivity (Wildman–Crippen MR) is 115 cm³/mol. The lowest BCUT2D eigenvalue weighted by molar-refractivity contribution is 0.662. The number of hydrogen-bond donors (Lipinski definition) is 0. The van der Waals surface area contributed by atoms with E-state index in [1.54, 1.807) is 16.3 Å². The van der Waals surface area contributed by atoms with Crippen LogP contribution in [0.3, 0.4) is 0 Å². The van der Waals surface area contributed by atoms with Crippen molar-refractivity contribution in [1.29, 1.82) is 0 Å². The molecule has 0 unspecified atom stereocenters. The maximum absolute atomic E-state index is 13.0. The summed E-state index contributed by atoms with van der Waals surface area (Å²) in [5.41, 5.74) is 5.77. The topological polar surface area (TPSA) is 52.2 Å². The first kappa shape index (κ1) is 18.7. The number of aromatic nitrogens is 4. The number of thioether (sulfide) groups is 1. The van der Waals surface area contributed by atoms with Gasteiger partial charge >= 0.3 is 0 Å². The number of rotatable bonds is 5. The fraction of sp³-hybridized carbons (Fsp3) is 0.318. The molecule has 0 aliphatic rings. The van der Waals surface area contributed by atoms with E-state index >= 15 is 0 Å². The molecule has 144 valence electrons. The van der Waals surface area contributed by atoms with Crippen LogP contribution in [0.1, 0.15) is 35.6 Å². The van der Waals surface area contributed by atoms with E-state index in [0.29, 0.717) is 17.7 Å². The molecule has 4 rings (SSSR count). The second kappa shape index (κ2) is 7.43. The van der Waals surface area contributed by atoms with Gasteiger partial charge in [-0.3, -0.25) is 13.8 Å². The Labute approximate surface area is 168 Å². The normalized spacial score (nSPS) is 11.6. The summed E-state index contributed by atoms with van der Waals surface area (Å²) in [4.78, 5) is 13.0. The molecule has 0 saturated heterocycles. The summed E-state index contributed by atoms with van der Waals surface area (Å²) in [6.07, 6.45) is 0.866. The van der Waals surface area contributed by atoms with E-state index in [0.717, 1.165) is 28.4 Å². The average Bonchev–Trinajstić information content (AvgIpc) is 3.09. The zero-order valence-electron chi connectivity index (χ0n) is 16.7. The van der Waals surface area contributed by atoms with Crippen LogP contribution in [-0.4, -0.2) is 19.2 Å². The van der Waals surface area contributed by atoms with Crippen LogP contribution in [0, 0.1) is 20.8 Å². The van der Waals surface area contributed by atoms with Crippen molar-refractivity contribution in [1.82, 2.24) is 19.2 Å². The summed E-state index contributed by atoms with van der Waals surface area (Å²) < 4.78 is 3.78. The van der Waals surface area contributed by atoms with Crippen LogP contribution >= 0.6 is 11.8 Å². The van der Waals surface area contributed by atoms with Gasteiger partial charge in [-0.2, -0.15) is 0 Å². The number of aryl methyl sites for hydroxylation is 4. The number of fused-ring (bicyclic) bond motifs is 3. The molecule has 0 fully saturated rings. The Morgan fingerprint density at radius 3 is 2.54 bits per heavy atom. The Hall–Kier alpha value is -2.60. The molecule has 28 heavy (non-hydrogen) atoms. The molecule has 0 bridgehead atoms. The molecule has 4 aromatic rings. The second-order valence-electron chi connectivity index (χ2n) is 7.31. The molecule has 0 N–H and O–H groups in total. The van der Waals surface area contributed by atoms with Crippen LogP contribution in [-0.2, 0) is 12.3 Å². The summed E-state index contributed by atoms with van der Waals surface area (Å²) >= 11 is 1.66. The molecular weight excluding hydrogens is 368 g/mol. The third kappa shape index (κ3) is 3.22. The lowest BCUT2D eigenvalue weighted by Crippen LogP contribution is -2.23. The van der Waals surface area contributed by atoms with Crippen LogP contribution in [0.15, 0.2) is 46.3 Å². The number of nitrogens with zero attached hydrogens (tertiary/aromatic N) is 4. The van der Waals surface area contributed by atoms with Crippen molar-refractivity contribution in [2.75, 3.05) is 0 Å². The smallest absolute Gasteiger partial charge is 0.262 e. The fourth-order valence-electron chi connectivity index (χ4n) is 3.52. The van der Waals surface area contributed by atoms with Crippen LogP contribution in [0.2, 0.25) is 0 Å². The minimum atomic E-state index is 0.00605. The number of hydrogen-bond acceptors (Lipinski definition) is 4. The third-order valence-electron chi connectivity index (χ3n) is 5.03. The first-order chi connectivity index (χ1) is 13.5. The van der Waals surface area contributed by atoms with Gasteiger partial charge in [0.1, 0.15) is 0 Å². The fourth-order valence-corrected chi connectivity index (χ4v) is 4.52. The highest BCUT2D eigenvalue weighted by Gasteiger charge is 2.17. The van der Waals surface area contributed by atoms with E-state index in [4.69, 9.17) is 0 Å². The summed E-state index contributed by atoms with van der Waals surface area (Å²) in [7, 11) is 0. The highest BCUT2D eigenvalue weighted by Crippen LogP contribution is 2.26. The zero-order chi connectivity index (χ0) is 19.8. The summed E-state index contributed by atoms with van der Waals surface area (Å²) in [5, 5.41) is 10.3. The van der Waals surface area contributed by atoms with E-state index in [9.17, 15) is 4.79 Å². The van der Waals surface area contributed by atoms with E-state index in [2.05, 4.69) is 49.2 Å². The van der Waals surface area contributed by atoms with Crippen LogP contribution in [0.5, 0.6) is 0 Å². The first-order valence-electron chi connectivity index (χ1n) is 9.57. The molecule has 0 aliphatic carbocycles. The first-order valence-corrected chi connectivity index (χ1v) is 10.6. The van der Waals surface area contributed by atoms with E-state index in [-0.39, 0.29) is 5.56 Å². The van der Waals surface area contributed by atoms with E-state index in [1.165, 1.54) is 16.7 Å². The van der Waals surface area contributed by atoms with Gasteiger partial charge in [0.25, 0.3) is 5.56 Å². The van der Waals surface area contributed by atoms with Gasteiger partial charge in [-0.25, -0.2) is 0 Å². The minimum Gasteiger partial charge on any atom is -0.276 e. The van der Waals surface area contributed by atoms with Crippen molar-refractivity contribution >= 4 is 28.4 Å². The van der Waals surface area contributed by atoms with Crippen molar-refractivity contribution in [3.05, 3.63) is 69.0 Å². The average molecular weight is 393 g/mol. The number of benzene rings is 2. The molecule has 0 radical (unpaired) electrons. The molecule has 5 nitrogen and oxygen atoms in total. The van der Waals surface area contributed by atoms with Gasteiger partial charge in [0.05, 0.1) is 10.9 Å². The monoisotopic (exact) mass is 392 g/mol. The maximum atomic E-state index is 13.0. The molecule has 2 aromatic heterocycles.